The van der Waals surface area contributed by atoms with E-state index in [1.165, 1.54) is 32.3 Å². The Morgan fingerprint density at radius 3 is 2.62 bits per heavy atom. The summed E-state index contributed by atoms with van der Waals surface area (Å²) < 4.78 is 11.1. The van der Waals surface area contributed by atoms with E-state index in [2.05, 4.69) is 19.1 Å². The number of hydrogen-bond acceptors (Lipinski definition) is 4. The summed E-state index contributed by atoms with van der Waals surface area (Å²) in [5.41, 5.74) is 1.53. The molecule has 0 bridgehead atoms. The lowest BCUT2D eigenvalue weighted by atomic mass is 9.53. The summed E-state index contributed by atoms with van der Waals surface area (Å²) in [7, 11) is 0. The molecule has 4 aliphatic rings. The predicted octanol–water partition coefficient (Wildman–Crippen LogP) is 4.55. The normalized spacial score (nSPS) is 41.1. The summed E-state index contributed by atoms with van der Waals surface area (Å²) >= 11 is 0. The van der Waals surface area contributed by atoms with Gasteiger partial charge in [-0.05, 0) is 73.8 Å². The van der Waals surface area contributed by atoms with E-state index in [0.29, 0.717) is 17.8 Å². The van der Waals surface area contributed by atoms with Gasteiger partial charge in [-0.1, -0.05) is 13.0 Å². The quantitative estimate of drug-likeness (QED) is 0.680. The van der Waals surface area contributed by atoms with Gasteiger partial charge in [-0.25, -0.2) is 0 Å². The Morgan fingerprint density at radius 2 is 1.88 bits per heavy atom. The van der Waals surface area contributed by atoms with Gasteiger partial charge in [0.15, 0.2) is 0 Å². The highest BCUT2D eigenvalue weighted by molar-refractivity contribution is 5.67. The van der Waals surface area contributed by atoms with Crippen LogP contribution in [0.1, 0.15) is 65.7 Å². The molecule has 0 radical (unpaired) electrons. The fraction of sp³-hybridized carbons (Fsp3) is 0.727. The van der Waals surface area contributed by atoms with E-state index >= 15 is 0 Å². The fourth-order valence-electron chi connectivity index (χ4n) is 6.54. The van der Waals surface area contributed by atoms with Crippen LogP contribution in [0.15, 0.2) is 23.5 Å². The van der Waals surface area contributed by atoms with Gasteiger partial charge in [-0.3, -0.25) is 9.59 Å². The number of fused-ring (bicyclic) bond motifs is 5. The number of carbonyl (C=O) groups is 2. The molecular weight excluding hydrogens is 328 g/mol. The van der Waals surface area contributed by atoms with E-state index in [-0.39, 0.29) is 23.5 Å². The van der Waals surface area contributed by atoms with Crippen LogP contribution in [0.25, 0.3) is 0 Å². The zero-order chi connectivity index (χ0) is 18.5. The van der Waals surface area contributed by atoms with Gasteiger partial charge < -0.3 is 9.47 Å². The molecular formula is C22H30O4. The summed E-state index contributed by atoms with van der Waals surface area (Å²) in [5, 5.41) is 0. The van der Waals surface area contributed by atoms with Gasteiger partial charge in [-0.2, -0.15) is 0 Å². The second-order valence-electron chi connectivity index (χ2n) is 8.94. The van der Waals surface area contributed by atoms with Crippen molar-refractivity contribution in [3.8, 4) is 0 Å². The Labute approximate surface area is 156 Å². The molecule has 4 heteroatoms. The third-order valence-electron chi connectivity index (χ3n) is 7.59. The summed E-state index contributed by atoms with van der Waals surface area (Å²) in [6.45, 7) is 5.36. The van der Waals surface area contributed by atoms with E-state index < -0.39 is 0 Å². The monoisotopic (exact) mass is 358 g/mol. The summed E-state index contributed by atoms with van der Waals surface area (Å²) in [4.78, 5) is 22.8. The maximum atomic E-state index is 11.5. The van der Waals surface area contributed by atoms with Gasteiger partial charge in [0.1, 0.15) is 11.9 Å². The maximum Gasteiger partial charge on any atom is 0.307 e. The number of hydrogen-bond donors (Lipinski definition) is 0. The second-order valence-corrected chi connectivity index (χ2v) is 8.94. The molecule has 0 heterocycles. The van der Waals surface area contributed by atoms with Crippen molar-refractivity contribution in [3.05, 3.63) is 23.5 Å². The van der Waals surface area contributed by atoms with Crippen LogP contribution in [0.2, 0.25) is 0 Å². The molecule has 4 rings (SSSR count). The van der Waals surface area contributed by atoms with Crippen LogP contribution in [0.4, 0.5) is 0 Å². The minimum absolute atomic E-state index is 0.0955. The molecule has 142 valence electrons. The van der Waals surface area contributed by atoms with Gasteiger partial charge in [0.25, 0.3) is 0 Å². The standard InChI is InChI=1S/C22H30O4/c1-13(23)25-16-5-7-17-15(12-16)4-6-19-18(17)10-11-22(3)20(19)8-9-21(22)26-14(2)24/h4,12,17-21H,5-11H2,1-3H3/t17-,18-,19+,20+,21-,22-/m0/s1. The molecule has 4 aliphatic carbocycles. The van der Waals surface area contributed by atoms with Crippen molar-refractivity contribution in [2.75, 3.05) is 0 Å². The smallest absolute Gasteiger partial charge is 0.307 e. The van der Waals surface area contributed by atoms with E-state index in [0.717, 1.165) is 43.8 Å². The largest absolute Gasteiger partial charge is 0.462 e. The average molecular weight is 358 g/mol. The predicted molar refractivity (Wildman–Crippen MR) is 97.9 cm³/mol. The molecule has 26 heavy (non-hydrogen) atoms. The molecule has 0 aromatic heterocycles. The minimum atomic E-state index is -0.222. The third kappa shape index (κ3) is 2.91. The highest BCUT2D eigenvalue weighted by atomic mass is 16.5. The van der Waals surface area contributed by atoms with Crippen molar-refractivity contribution >= 4 is 11.9 Å². The van der Waals surface area contributed by atoms with Crippen LogP contribution < -0.4 is 0 Å². The topological polar surface area (TPSA) is 52.6 Å². The van der Waals surface area contributed by atoms with Gasteiger partial charge in [0.05, 0.1) is 0 Å². The first kappa shape index (κ1) is 17.8. The van der Waals surface area contributed by atoms with Crippen LogP contribution >= 0.6 is 0 Å². The number of allylic oxidation sites excluding steroid dienone is 4. The van der Waals surface area contributed by atoms with Crippen LogP contribution in [-0.2, 0) is 19.1 Å². The molecule has 0 unspecified atom stereocenters. The lowest BCUT2D eigenvalue weighted by Crippen LogP contribution is -2.47. The van der Waals surface area contributed by atoms with Crippen LogP contribution in [-0.4, -0.2) is 18.0 Å². The third-order valence-corrected chi connectivity index (χ3v) is 7.59. The lowest BCUT2D eigenvalue weighted by molar-refractivity contribution is -0.155. The van der Waals surface area contributed by atoms with E-state index in [1.807, 2.05) is 0 Å². The Kier molecular flexibility index (Phi) is 4.48. The van der Waals surface area contributed by atoms with Gasteiger partial charge >= 0.3 is 11.9 Å². The summed E-state index contributed by atoms with van der Waals surface area (Å²) in [6, 6.07) is 0. The van der Waals surface area contributed by atoms with Crippen LogP contribution in [0, 0.1) is 29.1 Å². The van der Waals surface area contributed by atoms with Crippen LogP contribution in [0.5, 0.6) is 0 Å². The van der Waals surface area contributed by atoms with Gasteiger partial charge in [0, 0.05) is 25.7 Å². The zero-order valence-corrected chi connectivity index (χ0v) is 16.1. The number of ether oxygens (including phenoxy) is 2. The molecule has 0 amide bonds. The second kappa shape index (κ2) is 6.54. The van der Waals surface area contributed by atoms with Crippen molar-refractivity contribution in [3.63, 3.8) is 0 Å². The first-order valence-electron chi connectivity index (χ1n) is 10.1. The fourth-order valence-corrected chi connectivity index (χ4v) is 6.54. The molecule has 6 atom stereocenters. The molecule has 2 fully saturated rings. The van der Waals surface area contributed by atoms with E-state index in [1.54, 1.807) is 0 Å². The zero-order valence-electron chi connectivity index (χ0n) is 16.1. The number of esters is 2. The van der Waals surface area contributed by atoms with Crippen molar-refractivity contribution < 1.29 is 19.1 Å². The highest BCUT2D eigenvalue weighted by Crippen LogP contribution is 2.61. The molecule has 4 nitrogen and oxygen atoms in total. The lowest BCUT2D eigenvalue weighted by Gasteiger charge is -2.52. The van der Waals surface area contributed by atoms with Crippen molar-refractivity contribution in [1.82, 2.24) is 0 Å². The molecule has 0 N–H and O–H groups in total. The molecule has 0 aliphatic heterocycles. The summed E-state index contributed by atoms with van der Waals surface area (Å²) in [5.74, 6) is 3.15. The van der Waals surface area contributed by atoms with Crippen molar-refractivity contribution in [2.24, 2.45) is 29.1 Å². The minimum Gasteiger partial charge on any atom is -0.462 e. The molecule has 0 saturated heterocycles. The Balaban J connectivity index is 1.55. The van der Waals surface area contributed by atoms with Crippen LogP contribution in [0.3, 0.4) is 0 Å². The first-order chi connectivity index (χ1) is 12.4. The molecule has 0 aromatic carbocycles. The Morgan fingerprint density at radius 1 is 1.08 bits per heavy atom. The molecule has 0 aromatic rings. The first-order valence-corrected chi connectivity index (χ1v) is 10.1. The van der Waals surface area contributed by atoms with Crippen molar-refractivity contribution in [1.29, 1.82) is 0 Å². The Hall–Kier alpha value is -1.58. The van der Waals surface area contributed by atoms with Crippen molar-refractivity contribution in [2.45, 2.75) is 71.8 Å². The number of carbonyl (C=O) groups excluding carboxylic acids is 2. The Bertz CT molecular complexity index is 676. The summed E-state index contributed by atoms with van der Waals surface area (Å²) in [6.07, 6.45) is 12.2. The SMILES string of the molecule is CC(=O)OC1=CC2=CC[C@@H]3[C@@H](CC[C@]4(C)[C@@H](OC(C)=O)CC[C@H]34)[C@H]2CC1. The average Bonchev–Trinajstić information content (AvgIpc) is 2.90. The highest BCUT2D eigenvalue weighted by Gasteiger charge is 2.56. The number of rotatable bonds is 2. The van der Waals surface area contributed by atoms with E-state index in [4.69, 9.17) is 9.47 Å². The van der Waals surface area contributed by atoms with Gasteiger partial charge in [0.2, 0.25) is 0 Å². The maximum absolute atomic E-state index is 11.5. The molecule has 0 spiro atoms. The van der Waals surface area contributed by atoms with E-state index in [9.17, 15) is 9.59 Å². The molecule has 2 saturated carbocycles. The van der Waals surface area contributed by atoms with Gasteiger partial charge in [-0.15, -0.1) is 0 Å².